The lowest BCUT2D eigenvalue weighted by Crippen LogP contribution is -2.44. The molecule has 1 aromatic carbocycles. The van der Waals surface area contributed by atoms with Crippen molar-refractivity contribution < 1.29 is 4.74 Å². The van der Waals surface area contributed by atoms with Crippen molar-refractivity contribution in [3.05, 3.63) is 29.8 Å². The Kier molecular flexibility index (Phi) is 8.98. The Hall–Kier alpha value is -1.02. The molecule has 2 aliphatic rings. The Labute approximate surface area is 175 Å². The summed E-state index contributed by atoms with van der Waals surface area (Å²) in [5, 5.41) is 3.56. The van der Waals surface area contributed by atoms with Crippen LogP contribution in [0.4, 0.5) is 0 Å². The van der Waals surface area contributed by atoms with Gasteiger partial charge in [0.25, 0.3) is 0 Å². The van der Waals surface area contributed by atoms with E-state index in [2.05, 4.69) is 44.4 Å². The second-order valence-corrected chi connectivity index (χ2v) is 7.08. The van der Waals surface area contributed by atoms with Crippen LogP contribution in [0.15, 0.2) is 29.3 Å². The minimum absolute atomic E-state index is 0. The Bertz CT molecular complexity index is 557. The van der Waals surface area contributed by atoms with Crippen LogP contribution in [0.3, 0.4) is 0 Å². The van der Waals surface area contributed by atoms with E-state index in [-0.39, 0.29) is 24.0 Å². The number of aliphatic imine (C=N–C) groups is 1. The van der Waals surface area contributed by atoms with E-state index in [0.717, 1.165) is 37.9 Å². The highest BCUT2D eigenvalue weighted by atomic mass is 127. The number of nitrogens with zero attached hydrogens (tertiary/aromatic N) is 3. The maximum absolute atomic E-state index is 5.26. The first-order valence-electron chi connectivity index (χ1n) is 9.62. The largest absolute Gasteiger partial charge is 0.497 e. The van der Waals surface area contributed by atoms with Gasteiger partial charge in [-0.15, -0.1) is 24.0 Å². The van der Waals surface area contributed by atoms with Crippen LogP contribution >= 0.6 is 24.0 Å². The molecule has 0 saturated carbocycles. The van der Waals surface area contributed by atoms with Gasteiger partial charge in [-0.05, 0) is 50.0 Å². The lowest BCUT2D eigenvalue weighted by atomic mass is 9.98. The number of piperidine rings is 1. The molecule has 0 aliphatic carbocycles. The molecule has 0 amide bonds. The van der Waals surface area contributed by atoms with Crippen molar-refractivity contribution in [2.75, 3.05) is 53.4 Å². The van der Waals surface area contributed by atoms with Crippen LogP contribution in [-0.2, 0) is 0 Å². The molecule has 3 rings (SSSR count). The summed E-state index contributed by atoms with van der Waals surface area (Å²) in [6.07, 6.45) is 5.28. The molecular weight excluding hydrogens is 439 g/mol. The minimum atomic E-state index is 0. The van der Waals surface area contributed by atoms with Crippen LogP contribution in [0.2, 0.25) is 0 Å². The summed E-state index contributed by atoms with van der Waals surface area (Å²) < 4.78 is 5.26. The predicted molar refractivity (Wildman–Crippen MR) is 119 cm³/mol. The van der Waals surface area contributed by atoms with Crippen molar-refractivity contribution in [3.63, 3.8) is 0 Å². The third-order valence-electron chi connectivity index (χ3n) is 5.45. The van der Waals surface area contributed by atoms with Crippen LogP contribution in [0, 0.1) is 0 Å². The highest BCUT2D eigenvalue weighted by molar-refractivity contribution is 14.0. The number of methoxy groups -OCH3 is 1. The molecule has 26 heavy (non-hydrogen) atoms. The smallest absolute Gasteiger partial charge is 0.193 e. The fraction of sp³-hybridized carbons (Fsp3) is 0.650. The maximum Gasteiger partial charge on any atom is 0.193 e. The third-order valence-corrected chi connectivity index (χ3v) is 5.45. The summed E-state index contributed by atoms with van der Waals surface area (Å²) >= 11 is 0. The predicted octanol–water partition coefficient (Wildman–Crippen LogP) is 3.16. The molecule has 0 aromatic heterocycles. The zero-order chi connectivity index (χ0) is 17.5. The Morgan fingerprint density at radius 3 is 2.54 bits per heavy atom. The molecule has 1 N–H and O–H groups in total. The van der Waals surface area contributed by atoms with E-state index < -0.39 is 0 Å². The third kappa shape index (κ3) is 5.74. The molecule has 2 heterocycles. The molecule has 6 heteroatoms. The molecule has 1 aromatic rings. The SMILES string of the molecule is CN=C(NCCN1CCCCC1)N1CCC(c2ccc(OC)cc2)C1.I. The van der Waals surface area contributed by atoms with Crippen molar-refractivity contribution in [3.8, 4) is 5.75 Å². The molecule has 1 unspecified atom stereocenters. The van der Waals surface area contributed by atoms with E-state index in [9.17, 15) is 0 Å². The number of hydrogen-bond acceptors (Lipinski definition) is 3. The first-order valence-corrected chi connectivity index (χ1v) is 9.62. The molecule has 2 fully saturated rings. The second-order valence-electron chi connectivity index (χ2n) is 7.08. The molecule has 0 spiro atoms. The van der Waals surface area contributed by atoms with E-state index in [1.54, 1.807) is 7.11 Å². The van der Waals surface area contributed by atoms with E-state index in [4.69, 9.17) is 4.74 Å². The summed E-state index contributed by atoms with van der Waals surface area (Å²) in [6.45, 7) is 6.72. The first kappa shape index (κ1) is 21.3. The van der Waals surface area contributed by atoms with Gasteiger partial charge < -0.3 is 19.9 Å². The minimum Gasteiger partial charge on any atom is -0.497 e. The topological polar surface area (TPSA) is 40.1 Å². The average molecular weight is 472 g/mol. The number of benzene rings is 1. The van der Waals surface area contributed by atoms with Crippen LogP contribution in [0.25, 0.3) is 0 Å². The lowest BCUT2D eigenvalue weighted by molar-refractivity contribution is 0.231. The normalized spacial score (nSPS) is 21.4. The van der Waals surface area contributed by atoms with E-state index in [0.29, 0.717) is 5.92 Å². The number of likely N-dealkylation sites (tertiary alicyclic amines) is 2. The van der Waals surface area contributed by atoms with Crippen molar-refractivity contribution >= 4 is 29.9 Å². The Morgan fingerprint density at radius 1 is 1.15 bits per heavy atom. The van der Waals surface area contributed by atoms with Crippen LogP contribution in [0.1, 0.15) is 37.2 Å². The average Bonchev–Trinajstić information content (AvgIpc) is 3.16. The van der Waals surface area contributed by atoms with Gasteiger partial charge in [-0.1, -0.05) is 18.6 Å². The van der Waals surface area contributed by atoms with Gasteiger partial charge in [0.05, 0.1) is 7.11 Å². The fourth-order valence-electron chi connectivity index (χ4n) is 3.94. The number of halogens is 1. The van der Waals surface area contributed by atoms with Gasteiger partial charge in [-0.3, -0.25) is 4.99 Å². The van der Waals surface area contributed by atoms with Gasteiger partial charge in [0.1, 0.15) is 5.75 Å². The molecular formula is C20H33IN4O. The van der Waals surface area contributed by atoms with E-state index >= 15 is 0 Å². The van der Waals surface area contributed by atoms with Gasteiger partial charge in [-0.25, -0.2) is 0 Å². The summed E-state index contributed by atoms with van der Waals surface area (Å²) in [7, 11) is 3.61. The van der Waals surface area contributed by atoms with Gasteiger partial charge in [0.15, 0.2) is 5.96 Å². The van der Waals surface area contributed by atoms with Crippen LogP contribution in [0.5, 0.6) is 5.75 Å². The van der Waals surface area contributed by atoms with E-state index in [1.807, 2.05) is 7.05 Å². The number of rotatable bonds is 5. The molecule has 0 bridgehead atoms. The first-order chi connectivity index (χ1) is 12.3. The van der Waals surface area contributed by atoms with Crippen molar-refractivity contribution in [2.45, 2.75) is 31.6 Å². The fourth-order valence-corrected chi connectivity index (χ4v) is 3.94. The maximum atomic E-state index is 5.26. The monoisotopic (exact) mass is 472 g/mol. The van der Waals surface area contributed by atoms with Gasteiger partial charge >= 0.3 is 0 Å². The summed E-state index contributed by atoms with van der Waals surface area (Å²) in [5.41, 5.74) is 1.40. The van der Waals surface area contributed by atoms with Crippen molar-refractivity contribution in [1.29, 1.82) is 0 Å². The number of guanidine groups is 1. The van der Waals surface area contributed by atoms with Gasteiger partial charge in [0.2, 0.25) is 0 Å². The molecule has 2 saturated heterocycles. The van der Waals surface area contributed by atoms with Crippen molar-refractivity contribution in [2.24, 2.45) is 4.99 Å². The molecule has 5 nitrogen and oxygen atoms in total. The highest BCUT2D eigenvalue weighted by Gasteiger charge is 2.26. The zero-order valence-corrected chi connectivity index (χ0v) is 18.4. The summed E-state index contributed by atoms with van der Waals surface area (Å²) in [5.74, 6) is 2.55. The molecule has 2 aliphatic heterocycles. The van der Waals surface area contributed by atoms with Crippen LogP contribution < -0.4 is 10.1 Å². The van der Waals surface area contributed by atoms with Gasteiger partial charge in [0, 0.05) is 39.1 Å². The number of nitrogens with one attached hydrogen (secondary N) is 1. The number of ether oxygens (including phenoxy) is 1. The Balaban J connectivity index is 0.00000243. The van der Waals surface area contributed by atoms with Crippen LogP contribution in [-0.4, -0.2) is 69.2 Å². The second kappa shape index (κ2) is 11.0. The number of hydrogen-bond donors (Lipinski definition) is 1. The van der Waals surface area contributed by atoms with Crippen molar-refractivity contribution in [1.82, 2.24) is 15.1 Å². The lowest BCUT2D eigenvalue weighted by Gasteiger charge is -2.28. The van der Waals surface area contributed by atoms with Gasteiger partial charge in [-0.2, -0.15) is 0 Å². The standard InChI is InChI=1S/C20H32N4O.HI/c1-21-20(22-11-15-23-12-4-3-5-13-23)24-14-10-18(16-24)17-6-8-19(25-2)9-7-17;/h6-9,18H,3-5,10-16H2,1-2H3,(H,21,22);1H. The summed E-state index contributed by atoms with van der Waals surface area (Å²) in [6, 6.07) is 8.51. The van der Waals surface area contributed by atoms with E-state index in [1.165, 1.54) is 44.3 Å². The molecule has 146 valence electrons. The summed E-state index contributed by atoms with van der Waals surface area (Å²) in [4.78, 5) is 9.46. The molecule has 0 radical (unpaired) electrons. The Morgan fingerprint density at radius 2 is 1.88 bits per heavy atom. The zero-order valence-electron chi connectivity index (χ0n) is 16.1. The molecule has 1 atom stereocenters. The highest BCUT2D eigenvalue weighted by Crippen LogP contribution is 2.28. The quantitative estimate of drug-likeness (QED) is 0.406.